The van der Waals surface area contributed by atoms with Gasteiger partial charge in [0.1, 0.15) is 12.3 Å². The second-order valence-electron chi connectivity index (χ2n) is 8.36. The fourth-order valence-corrected chi connectivity index (χ4v) is 4.47. The molecule has 0 aromatic heterocycles. The number of nitrogens with zero attached hydrogens (tertiary/aromatic N) is 1. The van der Waals surface area contributed by atoms with Crippen LogP contribution >= 0.6 is 15.9 Å². The van der Waals surface area contributed by atoms with Crippen molar-refractivity contribution in [3.8, 4) is 11.5 Å². The monoisotopic (exact) mass is 534 g/mol. The van der Waals surface area contributed by atoms with Crippen molar-refractivity contribution >= 4 is 39.5 Å². The Morgan fingerprint density at radius 3 is 2.60 bits per heavy atom. The van der Waals surface area contributed by atoms with E-state index in [0.717, 1.165) is 22.9 Å². The van der Waals surface area contributed by atoms with E-state index in [4.69, 9.17) is 9.47 Å². The van der Waals surface area contributed by atoms with Gasteiger partial charge in [0.2, 0.25) is 5.91 Å². The van der Waals surface area contributed by atoms with E-state index in [-0.39, 0.29) is 30.2 Å². The zero-order valence-corrected chi connectivity index (χ0v) is 21.2. The van der Waals surface area contributed by atoms with Crippen LogP contribution in [0.4, 0.5) is 5.69 Å². The minimum absolute atomic E-state index is 0.0271. The van der Waals surface area contributed by atoms with Crippen molar-refractivity contribution in [3.05, 3.63) is 94.2 Å². The third kappa shape index (κ3) is 6.11. The number of hydrogen-bond acceptors (Lipinski definition) is 4. The maximum absolute atomic E-state index is 13.3. The summed E-state index contributed by atoms with van der Waals surface area (Å²) < 4.78 is 12.0. The van der Waals surface area contributed by atoms with Gasteiger partial charge >= 0.3 is 0 Å². The smallest absolute Gasteiger partial charge is 0.294 e. The van der Waals surface area contributed by atoms with Crippen LogP contribution in [-0.2, 0) is 16.0 Å². The van der Waals surface area contributed by atoms with Gasteiger partial charge in [-0.15, -0.1) is 0 Å². The van der Waals surface area contributed by atoms with E-state index < -0.39 is 0 Å². The van der Waals surface area contributed by atoms with Gasteiger partial charge in [-0.3, -0.25) is 14.5 Å². The number of fused-ring (bicyclic) bond motifs is 1. The van der Waals surface area contributed by atoms with Crippen LogP contribution < -0.4 is 19.7 Å². The Morgan fingerprint density at radius 1 is 1.11 bits per heavy atom. The summed E-state index contributed by atoms with van der Waals surface area (Å²) in [5.74, 6) is 0.763. The van der Waals surface area contributed by atoms with Gasteiger partial charge in [0, 0.05) is 6.04 Å². The second kappa shape index (κ2) is 11.2. The van der Waals surface area contributed by atoms with E-state index in [1.54, 1.807) is 31.4 Å². The van der Waals surface area contributed by atoms with E-state index >= 15 is 0 Å². The molecule has 35 heavy (non-hydrogen) atoms. The van der Waals surface area contributed by atoms with E-state index in [1.165, 1.54) is 10.5 Å². The number of para-hydroxylation sites is 2. The SMILES string of the molecule is COc1ccc(/C=C2\Oc3ccccc3N(CC(=O)N[C@@H](C)CCc3ccccc3)C2=O)cc1Br. The molecule has 0 saturated carbocycles. The minimum atomic E-state index is -0.372. The van der Waals surface area contributed by atoms with Gasteiger partial charge in [0.25, 0.3) is 5.91 Å². The van der Waals surface area contributed by atoms with E-state index in [0.29, 0.717) is 17.2 Å². The molecule has 7 heteroatoms. The molecule has 0 aliphatic carbocycles. The first-order valence-corrected chi connectivity index (χ1v) is 12.2. The Bertz CT molecular complexity index is 1240. The highest BCUT2D eigenvalue weighted by Crippen LogP contribution is 2.36. The summed E-state index contributed by atoms with van der Waals surface area (Å²) in [6.07, 6.45) is 3.34. The number of carbonyl (C=O) groups is 2. The third-order valence-electron chi connectivity index (χ3n) is 5.72. The van der Waals surface area contributed by atoms with Crippen LogP contribution in [0.1, 0.15) is 24.5 Å². The zero-order chi connectivity index (χ0) is 24.8. The molecule has 180 valence electrons. The summed E-state index contributed by atoms with van der Waals surface area (Å²) in [4.78, 5) is 27.7. The Kier molecular flexibility index (Phi) is 7.87. The lowest BCUT2D eigenvalue weighted by molar-refractivity contribution is -0.123. The molecule has 0 fully saturated rings. The highest BCUT2D eigenvalue weighted by Gasteiger charge is 2.31. The molecule has 0 saturated heterocycles. The fourth-order valence-electron chi connectivity index (χ4n) is 3.91. The van der Waals surface area contributed by atoms with Crippen molar-refractivity contribution in [2.24, 2.45) is 0 Å². The number of methoxy groups -OCH3 is 1. The van der Waals surface area contributed by atoms with Crippen LogP contribution in [0.2, 0.25) is 0 Å². The number of ether oxygens (including phenoxy) is 2. The van der Waals surface area contributed by atoms with Gasteiger partial charge in [-0.2, -0.15) is 0 Å². The Hall–Kier alpha value is -3.58. The van der Waals surface area contributed by atoms with E-state index in [2.05, 4.69) is 33.4 Å². The predicted molar refractivity (Wildman–Crippen MR) is 140 cm³/mol. The number of rotatable bonds is 8. The highest BCUT2D eigenvalue weighted by atomic mass is 79.9. The molecule has 0 bridgehead atoms. The molecular weight excluding hydrogens is 508 g/mol. The lowest BCUT2D eigenvalue weighted by atomic mass is 10.1. The molecule has 1 heterocycles. The minimum Gasteiger partial charge on any atom is -0.496 e. The largest absolute Gasteiger partial charge is 0.496 e. The maximum Gasteiger partial charge on any atom is 0.294 e. The zero-order valence-electron chi connectivity index (χ0n) is 19.7. The summed E-state index contributed by atoms with van der Waals surface area (Å²) in [7, 11) is 1.59. The molecule has 1 aliphatic rings. The van der Waals surface area contributed by atoms with Crippen molar-refractivity contribution in [1.29, 1.82) is 0 Å². The molecule has 3 aromatic rings. The van der Waals surface area contributed by atoms with Gasteiger partial charge in [-0.25, -0.2) is 0 Å². The maximum atomic E-state index is 13.3. The Morgan fingerprint density at radius 2 is 1.86 bits per heavy atom. The highest BCUT2D eigenvalue weighted by molar-refractivity contribution is 9.10. The Balaban J connectivity index is 1.48. The number of nitrogens with one attached hydrogen (secondary N) is 1. The van der Waals surface area contributed by atoms with Crippen molar-refractivity contribution in [2.45, 2.75) is 25.8 Å². The number of halogens is 1. The first kappa shape index (κ1) is 24.5. The lowest BCUT2D eigenvalue weighted by Crippen LogP contribution is -2.46. The van der Waals surface area contributed by atoms with Gasteiger partial charge < -0.3 is 14.8 Å². The van der Waals surface area contributed by atoms with Crippen molar-refractivity contribution < 1.29 is 19.1 Å². The summed E-state index contributed by atoms with van der Waals surface area (Å²) in [6.45, 7) is 1.88. The fraction of sp³-hybridized carbons (Fsp3) is 0.214. The number of amides is 2. The first-order valence-electron chi connectivity index (χ1n) is 11.4. The summed E-state index contributed by atoms with van der Waals surface area (Å²) in [5, 5.41) is 3.02. The van der Waals surface area contributed by atoms with E-state index in [1.807, 2.05) is 49.4 Å². The second-order valence-corrected chi connectivity index (χ2v) is 9.21. The van der Waals surface area contributed by atoms with Crippen molar-refractivity contribution in [2.75, 3.05) is 18.6 Å². The third-order valence-corrected chi connectivity index (χ3v) is 6.34. The number of anilines is 1. The topological polar surface area (TPSA) is 67.9 Å². The van der Waals surface area contributed by atoms with Crippen LogP contribution in [-0.4, -0.2) is 31.5 Å². The number of aryl methyl sites for hydroxylation is 1. The van der Waals surface area contributed by atoms with Crippen LogP contribution in [0.5, 0.6) is 11.5 Å². The average molecular weight is 535 g/mol. The molecule has 1 atom stereocenters. The standard InChI is InChI=1S/C28H27BrN2O4/c1-19(12-13-20-8-4-3-5-9-20)30-27(32)18-31-23-10-6-7-11-25(23)35-26(28(31)33)17-21-14-15-24(34-2)22(29)16-21/h3-11,14-17,19H,12-13,18H2,1-2H3,(H,30,32)/b26-17-/t19-/m0/s1. The van der Waals surface area contributed by atoms with Gasteiger partial charge in [-0.05, 0) is 77.2 Å². The van der Waals surface area contributed by atoms with Crippen molar-refractivity contribution in [1.82, 2.24) is 5.32 Å². The van der Waals surface area contributed by atoms with Crippen molar-refractivity contribution in [3.63, 3.8) is 0 Å². The van der Waals surface area contributed by atoms with Crippen LogP contribution in [0.15, 0.2) is 83.0 Å². The molecule has 2 amide bonds. The molecule has 6 nitrogen and oxygen atoms in total. The first-order chi connectivity index (χ1) is 16.9. The van der Waals surface area contributed by atoms with Crippen LogP contribution in [0.3, 0.4) is 0 Å². The molecule has 3 aromatic carbocycles. The average Bonchev–Trinajstić information content (AvgIpc) is 2.86. The molecule has 1 aliphatic heterocycles. The number of carbonyl (C=O) groups excluding carboxylic acids is 2. The predicted octanol–water partition coefficient (Wildman–Crippen LogP) is 5.36. The molecular formula is C28H27BrN2O4. The van der Waals surface area contributed by atoms with Crippen LogP contribution in [0, 0.1) is 0 Å². The molecule has 1 N–H and O–H groups in total. The lowest BCUT2D eigenvalue weighted by Gasteiger charge is -2.30. The van der Waals surface area contributed by atoms with Gasteiger partial charge in [-0.1, -0.05) is 48.5 Å². The summed E-state index contributed by atoms with van der Waals surface area (Å²) in [5.41, 5.74) is 2.56. The van der Waals surface area contributed by atoms with Gasteiger partial charge in [0.05, 0.1) is 17.3 Å². The van der Waals surface area contributed by atoms with Gasteiger partial charge in [0.15, 0.2) is 11.5 Å². The Labute approximate surface area is 213 Å². The normalized spacial score (nSPS) is 14.8. The molecule has 4 rings (SSSR count). The quantitative estimate of drug-likeness (QED) is 0.395. The summed E-state index contributed by atoms with van der Waals surface area (Å²) >= 11 is 3.46. The molecule has 0 unspecified atom stereocenters. The molecule has 0 spiro atoms. The van der Waals surface area contributed by atoms with E-state index in [9.17, 15) is 9.59 Å². The number of benzene rings is 3. The molecule has 0 radical (unpaired) electrons. The summed E-state index contributed by atoms with van der Waals surface area (Å²) in [6, 6.07) is 22.8. The number of hydrogen-bond donors (Lipinski definition) is 1. The van der Waals surface area contributed by atoms with Crippen LogP contribution in [0.25, 0.3) is 6.08 Å².